The van der Waals surface area contributed by atoms with Gasteiger partial charge >= 0.3 is 0 Å². The Morgan fingerprint density at radius 2 is 1.95 bits per heavy atom. The van der Waals surface area contributed by atoms with E-state index < -0.39 is 0 Å². The maximum absolute atomic E-state index is 12.6. The van der Waals surface area contributed by atoms with Gasteiger partial charge in [-0.25, -0.2) is 0 Å². The van der Waals surface area contributed by atoms with Gasteiger partial charge in [0.2, 0.25) is 5.91 Å². The zero-order valence-corrected chi connectivity index (χ0v) is 17.1. The van der Waals surface area contributed by atoms with Crippen molar-refractivity contribution in [3.05, 3.63) is 54.1 Å². The Balaban J connectivity index is 2.14. The molecule has 0 saturated heterocycles. The Labute approximate surface area is 160 Å². The highest BCUT2D eigenvalue weighted by atomic mass is 127. The molecule has 3 unspecified atom stereocenters. The molecule has 2 rings (SSSR count). The molecule has 0 heterocycles. The number of anilines is 1. The molecular formula is C18H21I2NO-. The first-order valence-corrected chi connectivity index (χ1v) is 10.0. The summed E-state index contributed by atoms with van der Waals surface area (Å²) < 4.78 is 0.618. The van der Waals surface area contributed by atoms with Gasteiger partial charge in [0.05, 0.1) is 5.92 Å². The van der Waals surface area contributed by atoms with Crippen molar-refractivity contribution < 1.29 is 27.4 Å². The van der Waals surface area contributed by atoms with E-state index in [1.54, 1.807) is 0 Å². The average Bonchev–Trinajstić information content (AvgIpc) is 2.47. The molecular weight excluding hydrogens is 500 g/mol. The minimum Gasteiger partial charge on any atom is -0.788 e. The highest BCUT2D eigenvalue weighted by molar-refractivity contribution is 14.1. The number of benzene rings is 1. The van der Waals surface area contributed by atoms with Crippen LogP contribution in [0.1, 0.15) is 29.8 Å². The molecule has 22 heavy (non-hydrogen) atoms. The van der Waals surface area contributed by atoms with Crippen LogP contribution in [-0.2, 0) is 4.79 Å². The molecule has 1 aromatic carbocycles. The van der Waals surface area contributed by atoms with E-state index in [-0.39, 0.29) is 15.7 Å². The van der Waals surface area contributed by atoms with E-state index in [4.69, 9.17) is 0 Å². The molecule has 1 aliphatic carbocycles. The van der Waals surface area contributed by atoms with Crippen LogP contribution in [-0.4, -0.2) is 9.83 Å². The summed E-state index contributed by atoms with van der Waals surface area (Å²) >= 11 is 4.79. The van der Waals surface area contributed by atoms with Crippen molar-refractivity contribution in [3.63, 3.8) is 0 Å². The fraction of sp³-hybridized carbons (Fsp3) is 0.389. The number of allylic oxidation sites excluding steroid dienone is 3. The summed E-state index contributed by atoms with van der Waals surface area (Å²) in [5.41, 5.74) is 2.16. The van der Waals surface area contributed by atoms with Gasteiger partial charge in [-0.1, -0.05) is 85.4 Å². The molecule has 0 aliphatic heterocycles. The first-order valence-electron chi connectivity index (χ1n) is 7.52. The predicted molar refractivity (Wildman–Crippen MR) is 96.8 cm³/mol. The number of alkyl halides is 2. The number of carbonyl (C=O) groups is 1. The number of nitrogens with one attached hydrogen (secondary N) is 1. The van der Waals surface area contributed by atoms with Gasteiger partial charge in [0, 0.05) is 9.61 Å². The Bertz CT molecular complexity index is 580. The van der Waals surface area contributed by atoms with E-state index in [0.29, 0.717) is 9.84 Å². The zero-order chi connectivity index (χ0) is 16.1. The van der Waals surface area contributed by atoms with Crippen LogP contribution in [0.25, 0.3) is 0 Å². The first kappa shape index (κ1) is 18.0. The lowest BCUT2D eigenvalue weighted by atomic mass is 9.98. The second-order valence-corrected chi connectivity index (χ2v) is 8.86. The third-order valence-corrected chi connectivity index (χ3v) is 5.97. The van der Waals surface area contributed by atoms with Crippen molar-refractivity contribution in [1.82, 2.24) is 0 Å². The van der Waals surface area contributed by atoms with Crippen LogP contribution in [0.5, 0.6) is 0 Å². The molecule has 1 aromatic rings. The Morgan fingerprint density at radius 1 is 1.27 bits per heavy atom. The number of hydrogen-bond acceptors (Lipinski definition) is 1. The maximum Gasteiger partial charge on any atom is 0.232 e. The van der Waals surface area contributed by atoms with Crippen molar-refractivity contribution in [1.29, 1.82) is 0 Å². The van der Waals surface area contributed by atoms with Gasteiger partial charge in [0.15, 0.2) is 0 Å². The molecule has 1 radical (unpaired) electrons. The van der Waals surface area contributed by atoms with Crippen molar-refractivity contribution in [2.45, 2.75) is 28.1 Å². The summed E-state index contributed by atoms with van der Waals surface area (Å²) in [4.78, 5) is 12.6. The van der Waals surface area contributed by atoms with Crippen LogP contribution in [0.15, 0.2) is 48.6 Å². The fourth-order valence-corrected chi connectivity index (χ4v) is 4.82. The second-order valence-electron chi connectivity index (χ2n) is 5.91. The van der Waals surface area contributed by atoms with E-state index in [9.17, 15) is 4.79 Å². The number of carbonyl (C=O) groups excluding carboxylic acids is 1. The normalized spacial score (nSPS) is 21.9. The van der Waals surface area contributed by atoms with Gasteiger partial charge in [-0.2, -0.15) is 0 Å². The van der Waals surface area contributed by atoms with Crippen LogP contribution in [0, 0.1) is 11.8 Å². The molecule has 1 N–H and O–H groups in total. The summed E-state index contributed by atoms with van der Waals surface area (Å²) in [5.74, 6) is 0.604. The van der Waals surface area contributed by atoms with Crippen molar-refractivity contribution in [2.24, 2.45) is 11.8 Å². The van der Waals surface area contributed by atoms with E-state index in [1.807, 2.05) is 36.4 Å². The summed E-state index contributed by atoms with van der Waals surface area (Å²) in [6.07, 6.45) is 9.10. The molecule has 0 fully saturated rings. The van der Waals surface area contributed by atoms with Crippen LogP contribution >= 0.6 is 22.6 Å². The maximum atomic E-state index is 12.6. The number of para-hydroxylation sites is 1. The third kappa shape index (κ3) is 4.81. The Morgan fingerprint density at radius 3 is 2.64 bits per heavy atom. The third-order valence-electron chi connectivity index (χ3n) is 3.60. The molecule has 0 aromatic heterocycles. The lowest BCUT2D eigenvalue weighted by molar-refractivity contribution is -0.429. The molecule has 0 spiro atoms. The van der Waals surface area contributed by atoms with E-state index in [1.165, 1.54) is 5.56 Å². The van der Waals surface area contributed by atoms with Crippen molar-refractivity contribution in [3.8, 4) is 0 Å². The van der Waals surface area contributed by atoms with Crippen LogP contribution in [0.4, 0.5) is 5.69 Å². The minimum atomic E-state index is -0.101. The highest BCUT2D eigenvalue weighted by Crippen LogP contribution is 2.26. The zero-order valence-electron chi connectivity index (χ0n) is 12.8. The SMILES string of the molecule is CC(C)CC([I-])c1ccccc1NC(=O)C1C=CC=CC1I. The molecule has 4 heteroatoms. The molecule has 119 valence electrons. The van der Waals surface area contributed by atoms with E-state index in [0.717, 1.165) is 12.1 Å². The number of rotatable bonds is 5. The average molecular weight is 521 g/mol. The van der Waals surface area contributed by atoms with Gasteiger partial charge in [-0.15, -0.1) is 3.92 Å². The van der Waals surface area contributed by atoms with E-state index >= 15 is 0 Å². The number of hydrogen-bond donors (Lipinski definition) is 1. The van der Waals surface area contributed by atoms with Crippen LogP contribution in [0.3, 0.4) is 0 Å². The number of halogens is 2. The topological polar surface area (TPSA) is 29.1 Å². The van der Waals surface area contributed by atoms with Gasteiger partial charge in [-0.3, -0.25) is 4.79 Å². The van der Waals surface area contributed by atoms with Crippen molar-refractivity contribution in [2.75, 3.05) is 5.32 Å². The fourth-order valence-electron chi connectivity index (χ4n) is 2.45. The van der Waals surface area contributed by atoms with Gasteiger partial charge < -0.3 is 27.9 Å². The standard InChI is InChI=1S/C18H21I2NO/c1-12(2)11-16(20)13-7-4-6-10-17(13)21-18(22)14-8-3-5-9-15(14)19/h3-10,12,14-16H,11H2,1-2H3,(H,21,22)/q-1. The molecule has 2 nitrogen and oxygen atoms in total. The summed E-state index contributed by atoms with van der Waals surface area (Å²) in [5, 5.41) is 3.13. The Hall–Kier alpha value is -0.370. The van der Waals surface area contributed by atoms with Crippen LogP contribution < -0.4 is 27.9 Å². The molecule has 3 atom stereocenters. The van der Waals surface area contributed by atoms with Gasteiger partial charge in [0.25, 0.3) is 0 Å². The number of amides is 1. The minimum absolute atomic E-state index is 0.0700. The summed E-state index contributed by atoms with van der Waals surface area (Å²) in [6, 6.07) is 8.15. The highest BCUT2D eigenvalue weighted by Gasteiger charge is 2.24. The lowest BCUT2D eigenvalue weighted by Crippen LogP contribution is -3.35. The summed E-state index contributed by atoms with van der Waals surface area (Å²) in [6.45, 7) is 4.46. The quantitative estimate of drug-likeness (QED) is 0.465. The predicted octanol–water partition coefficient (Wildman–Crippen LogP) is 1.81. The largest absolute Gasteiger partial charge is 0.788 e. The molecule has 0 saturated carbocycles. The van der Waals surface area contributed by atoms with E-state index in [2.05, 4.69) is 76.5 Å². The second kappa shape index (κ2) is 8.47. The Kier molecular flexibility index (Phi) is 6.92. The monoisotopic (exact) mass is 521 g/mol. The molecule has 0 bridgehead atoms. The van der Waals surface area contributed by atoms with Gasteiger partial charge in [-0.05, 0) is 17.5 Å². The summed E-state index contributed by atoms with van der Waals surface area (Å²) in [7, 11) is 0. The molecule has 1 aliphatic rings. The van der Waals surface area contributed by atoms with Crippen molar-refractivity contribution >= 4 is 34.2 Å². The smallest absolute Gasteiger partial charge is 0.232 e. The molecule has 1 amide bonds. The lowest BCUT2D eigenvalue weighted by Gasteiger charge is -2.28. The van der Waals surface area contributed by atoms with Crippen LogP contribution in [0.2, 0.25) is 0 Å². The first-order chi connectivity index (χ1) is 10.5. The van der Waals surface area contributed by atoms with Gasteiger partial charge in [0.1, 0.15) is 0 Å².